The summed E-state index contributed by atoms with van der Waals surface area (Å²) >= 11 is 0. The predicted molar refractivity (Wildman–Crippen MR) is 106 cm³/mol. The molecule has 1 N–H and O–H groups in total. The van der Waals surface area contributed by atoms with E-state index in [0.29, 0.717) is 6.54 Å². The Morgan fingerprint density at radius 3 is 2.63 bits per heavy atom. The Bertz CT molecular complexity index is 852. The molecular formula is C21H28N4O2. The van der Waals surface area contributed by atoms with Crippen molar-refractivity contribution in [2.45, 2.75) is 52.7 Å². The van der Waals surface area contributed by atoms with Gasteiger partial charge in [0, 0.05) is 44.1 Å². The number of aryl methyl sites for hydroxylation is 2. The van der Waals surface area contributed by atoms with Crippen LogP contribution >= 0.6 is 0 Å². The largest absolute Gasteiger partial charge is 0.349 e. The van der Waals surface area contributed by atoms with E-state index in [4.69, 9.17) is 0 Å². The molecule has 1 aliphatic rings. The Morgan fingerprint density at radius 1 is 1.26 bits per heavy atom. The van der Waals surface area contributed by atoms with E-state index in [1.165, 1.54) is 0 Å². The summed E-state index contributed by atoms with van der Waals surface area (Å²) in [5, 5.41) is 3.08. The number of hydrogen-bond donors (Lipinski definition) is 1. The lowest BCUT2D eigenvalue weighted by Crippen LogP contribution is -2.46. The number of nitrogens with one attached hydrogen (secondary N) is 1. The maximum Gasteiger partial charge on any atom is 0.263 e. The monoisotopic (exact) mass is 368 g/mol. The summed E-state index contributed by atoms with van der Waals surface area (Å²) in [6, 6.07) is 7.97. The number of carbonyl (C=O) groups is 1. The van der Waals surface area contributed by atoms with Crippen molar-refractivity contribution in [1.29, 1.82) is 0 Å². The van der Waals surface area contributed by atoms with E-state index < -0.39 is 0 Å². The van der Waals surface area contributed by atoms with Crippen molar-refractivity contribution in [2.24, 2.45) is 0 Å². The molecule has 3 rings (SSSR count). The van der Waals surface area contributed by atoms with E-state index >= 15 is 0 Å². The third kappa shape index (κ3) is 4.45. The number of pyridine rings is 2. The van der Waals surface area contributed by atoms with Gasteiger partial charge in [0.15, 0.2) is 0 Å². The van der Waals surface area contributed by atoms with E-state index in [2.05, 4.69) is 15.2 Å². The Balaban J connectivity index is 1.61. The summed E-state index contributed by atoms with van der Waals surface area (Å²) in [5.41, 5.74) is 2.78. The van der Waals surface area contributed by atoms with Gasteiger partial charge in [-0.1, -0.05) is 6.07 Å². The van der Waals surface area contributed by atoms with Gasteiger partial charge < -0.3 is 9.88 Å². The van der Waals surface area contributed by atoms with Crippen LogP contribution in [0.4, 0.5) is 0 Å². The van der Waals surface area contributed by atoms with E-state index in [1.54, 1.807) is 4.57 Å². The van der Waals surface area contributed by atoms with Crippen LogP contribution in [0, 0.1) is 13.8 Å². The average Bonchev–Trinajstić information content (AvgIpc) is 2.64. The summed E-state index contributed by atoms with van der Waals surface area (Å²) in [7, 11) is 0. The fourth-order valence-corrected chi connectivity index (χ4v) is 3.81. The van der Waals surface area contributed by atoms with Gasteiger partial charge in [-0.2, -0.15) is 0 Å². The van der Waals surface area contributed by atoms with Crippen molar-refractivity contribution >= 4 is 5.91 Å². The number of amides is 1. The van der Waals surface area contributed by atoms with Gasteiger partial charge in [0.1, 0.15) is 5.56 Å². The molecule has 1 aliphatic heterocycles. The van der Waals surface area contributed by atoms with Gasteiger partial charge >= 0.3 is 0 Å². The van der Waals surface area contributed by atoms with E-state index in [0.717, 1.165) is 49.4 Å². The first kappa shape index (κ1) is 19.3. The zero-order valence-electron chi connectivity index (χ0n) is 16.4. The topological polar surface area (TPSA) is 67.2 Å². The minimum Gasteiger partial charge on any atom is -0.349 e. The molecule has 1 amide bonds. The molecule has 6 nitrogen and oxygen atoms in total. The standard InChI is InChI=1S/C21H28N4O2/c1-4-25-16(3)13-15(2)19(21(25)27)20(26)23-17-8-11-24(12-9-17)14-18-7-5-6-10-22-18/h5-7,10,13,17H,4,8-9,11-12,14H2,1-3H3,(H,23,26). The lowest BCUT2D eigenvalue weighted by Gasteiger charge is -2.32. The zero-order valence-corrected chi connectivity index (χ0v) is 16.4. The van der Waals surface area contributed by atoms with Gasteiger partial charge in [-0.15, -0.1) is 0 Å². The maximum atomic E-state index is 12.8. The summed E-state index contributed by atoms with van der Waals surface area (Å²) in [4.78, 5) is 32.2. The minimum absolute atomic E-state index is 0.104. The van der Waals surface area contributed by atoms with Crippen LogP contribution in [0.1, 0.15) is 47.1 Å². The molecule has 6 heteroatoms. The number of carbonyl (C=O) groups excluding carboxylic acids is 1. The molecule has 0 saturated carbocycles. The zero-order chi connectivity index (χ0) is 19.4. The Kier molecular flexibility index (Phi) is 6.06. The molecule has 0 spiro atoms. The van der Waals surface area contributed by atoms with Gasteiger partial charge in [-0.05, 0) is 57.4 Å². The van der Waals surface area contributed by atoms with Crippen LogP contribution in [0.3, 0.4) is 0 Å². The van der Waals surface area contributed by atoms with Crippen LogP contribution in [0.2, 0.25) is 0 Å². The average molecular weight is 368 g/mol. The molecule has 0 unspecified atom stereocenters. The maximum absolute atomic E-state index is 12.8. The predicted octanol–water partition coefficient (Wildman–Crippen LogP) is 2.27. The fourth-order valence-electron chi connectivity index (χ4n) is 3.81. The van der Waals surface area contributed by atoms with Gasteiger partial charge in [-0.25, -0.2) is 0 Å². The van der Waals surface area contributed by atoms with E-state index in [9.17, 15) is 9.59 Å². The van der Waals surface area contributed by atoms with Crippen LogP contribution in [-0.2, 0) is 13.1 Å². The number of nitrogens with zero attached hydrogens (tertiary/aromatic N) is 3. The molecular weight excluding hydrogens is 340 g/mol. The highest BCUT2D eigenvalue weighted by molar-refractivity contribution is 5.95. The van der Waals surface area contributed by atoms with Crippen LogP contribution in [0.25, 0.3) is 0 Å². The lowest BCUT2D eigenvalue weighted by molar-refractivity contribution is 0.0905. The van der Waals surface area contributed by atoms with Crippen molar-refractivity contribution in [3.05, 3.63) is 63.3 Å². The third-order valence-electron chi connectivity index (χ3n) is 5.28. The molecule has 2 aromatic heterocycles. The summed E-state index contributed by atoms with van der Waals surface area (Å²) in [6.45, 7) is 8.87. The summed E-state index contributed by atoms with van der Waals surface area (Å²) in [6.07, 6.45) is 3.58. The van der Waals surface area contributed by atoms with Gasteiger partial charge in [0.25, 0.3) is 11.5 Å². The molecule has 1 fully saturated rings. The van der Waals surface area contributed by atoms with E-state index in [-0.39, 0.29) is 23.1 Å². The Labute approximate surface area is 160 Å². The number of rotatable bonds is 5. The molecule has 27 heavy (non-hydrogen) atoms. The highest BCUT2D eigenvalue weighted by atomic mass is 16.2. The molecule has 0 aliphatic carbocycles. The first-order valence-corrected chi connectivity index (χ1v) is 9.63. The smallest absolute Gasteiger partial charge is 0.263 e. The molecule has 0 bridgehead atoms. The first-order chi connectivity index (χ1) is 13.0. The quantitative estimate of drug-likeness (QED) is 0.879. The molecule has 0 radical (unpaired) electrons. The minimum atomic E-state index is -0.247. The van der Waals surface area contributed by atoms with Crippen LogP contribution in [0.15, 0.2) is 35.3 Å². The van der Waals surface area contributed by atoms with Crippen molar-refractivity contribution in [3.63, 3.8) is 0 Å². The molecule has 144 valence electrons. The summed E-state index contributed by atoms with van der Waals surface area (Å²) in [5.74, 6) is -0.247. The highest BCUT2D eigenvalue weighted by Crippen LogP contribution is 2.14. The Hall–Kier alpha value is -2.47. The van der Waals surface area contributed by atoms with Crippen molar-refractivity contribution in [2.75, 3.05) is 13.1 Å². The van der Waals surface area contributed by atoms with E-state index in [1.807, 2.05) is 51.2 Å². The van der Waals surface area contributed by atoms with Crippen LogP contribution in [-0.4, -0.2) is 39.5 Å². The van der Waals surface area contributed by atoms with Crippen molar-refractivity contribution < 1.29 is 4.79 Å². The highest BCUT2D eigenvalue weighted by Gasteiger charge is 2.24. The second kappa shape index (κ2) is 8.48. The number of piperidine rings is 1. The molecule has 2 aromatic rings. The van der Waals surface area contributed by atoms with Crippen molar-refractivity contribution in [1.82, 2.24) is 19.8 Å². The fraction of sp³-hybridized carbons (Fsp3) is 0.476. The third-order valence-corrected chi connectivity index (χ3v) is 5.28. The van der Waals surface area contributed by atoms with Crippen LogP contribution in [0.5, 0.6) is 0 Å². The lowest BCUT2D eigenvalue weighted by atomic mass is 10.0. The second-order valence-corrected chi connectivity index (χ2v) is 7.24. The molecule has 0 atom stereocenters. The van der Waals surface area contributed by atoms with Gasteiger partial charge in [-0.3, -0.25) is 19.5 Å². The normalized spacial score (nSPS) is 15.7. The number of aromatic nitrogens is 2. The second-order valence-electron chi connectivity index (χ2n) is 7.24. The molecule has 1 saturated heterocycles. The Morgan fingerprint density at radius 2 is 2.00 bits per heavy atom. The first-order valence-electron chi connectivity index (χ1n) is 9.63. The summed E-state index contributed by atoms with van der Waals surface area (Å²) < 4.78 is 1.65. The number of likely N-dealkylation sites (tertiary alicyclic amines) is 1. The molecule has 0 aromatic carbocycles. The molecule has 3 heterocycles. The van der Waals surface area contributed by atoms with Crippen molar-refractivity contribution in [3.8, 4) is 0 Å². The SMILES string of the molecule is CCn1c(C)cc(C)c(C(=O)NC2CCN(Cc3ccccn3)CC2)c1=O. The number of hydrogen-bond acceptors (Lipinski definition) is 4. The van der Waals surface area contributed by atoms with Gasteiger partial charge in [0.05, 0.1) is 5.69 Å². The van der Waals surface area contributed by atoms with Gasteiger partial charge in [0.2, 0.25) is 0 Å². The van der Waals surface area contributed by atoms with Crippen LogP contribution < -0.4 is 10.9 Å².